The summed E-state index contributed by atoms with van der Waals surface area (Å²) in [6, 6.07) is 5.20. The van der Waals surface area contributed by atoms with E-state index in [1.807, 2.05) is 0 Å². The van der Waals surface area contributed by atoms with Gasteiger partial charge in [0.1, 0.15) is 5.75 Å². The highest BCUT2D eigenvalue weighted by atomic mass is 19.4. The summed E-state index contributed by atoms with van der Waals surface area (Å²) in [6.07, 6.45) is -1.67. The molecule has 1 aliphatic rings. The van der Waals surface area contributed by atoms with Gasteiger partial charge in [-0.05, 0) is 31.4 Å². The van der Waals surface area contributed by atoms with E-state index in [1.165, 1.54) is 18.2 Å². The number of nitrogens with two attached hydrogens (primary N) is 1. The highest BCUT2D eigenvalue weighted by Gasteiger charge is 2.32. The fourth-order valence-corrected chi connectivity index (χ4v) is 2.55. The molecule has 2 unspecified atom stereocenters. The van der Waals surface area contributed by atoms with Crippen molar-refractivity contribution in [1.82, 2.24) is 0 Å². The Balaban J connectivity index is 2.12. The van der Waals surface area contributed by atoms with Crippen molar-refractivity contribution in [3.8, 4) is 5.75 Å². The topological polar surface area (TPSA) is 52.3 Å². The number of halogens is 3. The Morgan fingerprint density at radius 2 is 2.05 bits per heavy atom. The smallest absolute Gasteiger partial charge is 0.406 e. The van der Waals surface area contributed by atoms with E-state index in [1.54, 1.807) is 0 Å². The van der Waals surface area contributed by atoms with Crippen LogP contribution in [-0.2, 0) is 0 Å². The minimum absolute atomic E-state index is 0.00712. The molecule has 0 aliphatic heterocycles. The molecule has 0 radical (unpaired) electrons. The van der Waals surface area contributed by atoms with E-state index in [4.69, 9.17) is 5.73 Å². The number of alkyl halides is 3. The van der Waals surface area contributed by atoms with Crippen molar-refractivity contribution in [3.05, 3.63) is 29.8 Å². The van der Waals surface area contributed by atoms with Crippen LogP contribution in [0.3, 0.4) is 0 Å². The van der Waals surface area contributed by atoms with Crippen LogP contribution < -0.4 is 10.5 Å². The molecule has 2 rings (SSSR count). The van der Waals surface area contributed by atoms with Crippen molar-refractivity contribution in [3.63, 3.8) is 0 Å². The molecule has 0 amide bonds. The zero-order valence-corrected chi connectivity index (χ0v) is 10.8. The van der Waals surface area contributed by atoms with Gasteiger partial charge in [0.2, 0.25) is 0 Å². The Kier molecular flexibility index (Phi) is 4.32. The number of hydrogen-bond donors (Lipinski definition) is 1. The average Bonchev–Trinajstić information content (AvgIpc) is 2.36. The maximum absolute atomic E-state index is 12.3. The van der Waals surface area contributed by atoms with Crippen LogP contribution in [0.15, 0.2) is 24.3 Å². The molecule has 2 atom stereocenters. The van der Waals surface area contributed by atoms with Gasteiger partial charge in [-0.1, -0.05) is 18.6 Å². The highest BCUT2D eigenvalue weighted by molar-refractivity contribution is 5.98. The second-order valence-electron chi connectivity index (χ2n) is 5.06. The van der Waals surface area contributed by atoms with Gasteiger partial charge in [0.25, 0.3) is 0 Å². The summed E-state index contributed by atoms with van der Waals surface area (Å²) >= 11 is 0. The summed E-state index contributed by atoms with van der Waals surface area (Å²) < 4.78 is 40.3. The van der Waals surface area contributed by atoms with Crippen LogP contribution >= 0.6 is 0 Å². The van der Waals surface area contributed by atoms with Gasteiger partial charge < -0.3 is 10.5 Å². The van der Waals surface area contributed by atoms with E-state index < -0.39 is 6.36 Å². The quantitative estimate of drug-likeness (QED) is 0.868. The van der Waals surface area contributed by atoms with Gasteiger partial charge in [0.05, 0.1) is 0 Å². The van der Waals surface area contributed by atoms with Crippen molar-refractivity contribution < 1.29 is 22.7 Å². The number of carbonyl (C=O) groups excluding carboxylic acids is 1. The van der Waals surface area contributed by atoms with Crippen molar-refractivity contribution in [2.75, 3.05) is 0 Å². The lowest BCUT2D eigenvalue weighted by Gasteiger charge is -2.25. The van der Waals surface area contributed by atoms with Crippen LogP contribution in [-0.4, -0.2) is 18.2 Å². The Hall–Kier alpha value is -1.56. The summed E-state index contributed by atoms with van der Waals surface area (Å²) in [6.45, 7) is 0. The molecular formula is C14H16F3NO2. The van der Waals surface area contributed by atoms with Gasteiger partial charge in [-0.2, -0.15) is 0 Å². The van der Waals surface area contributed by atoms with Crippen LogP contribution in [0.1, 0.15) is 36.0 Å². The largest absolute Gasteiger partial charge is 0.573 e. The number of carbonyl (C=O) groups is 1. The molecule has 1 aromatic carbocycles. The predicted octanol–water partition coefficient (Wildman–Crippen LogP) is 3.29. The summed E-state index contributed by atoms with van der Waals surface area (Å²) in [4.78, 5) is 12.3. The molecule has 110 valence electrons. The van der Waals surface area contributed by atoms with Crippen LogP contribution in [0.2, 0.25) is 0 Å². The van der Waals surface area contributed by atoms with Crippen LogP contribution in [0.5, 0.6) is 5.75 Å². The number of ether oxygens (including phenoxy) is 1. The molecule has 1 aliphatic carbocycles. The van der Waals surface area contributed by atoms with E-state index in [0.29, 0.717) is 6.42 Å². The monoisotopic (exact) mass is 287 g/mol. The van der Waals surface area contributed by atoms with E-state index in [0.717, 1.165) is 25.3 Å². The number of benzene rings is 1. The zero-order chi connectivity index (χ0) is 14.8. The summed E-state index contributed by atoms with van der Waals surface area (Å²) in [5, 5.41) is 0. The van der Waals surface area contributed by atoms with E-state index in [-0.39, 0.29) is 29.1 Å². The van der Waals surface area contributed by atoms with Crippen LogP contribution in [0, 0.1) is 5.92 Å². The van der Waals surface area contributed by atoms with E-state index in [9.17, 15) is 18.0 Å². The first-order chi connectivity index (χ1) is 9.35. The first kappa shape index (κ1) is 14.8. The lowest BCUT2D eigenvalue weighted by Crippen LogP contribution is -2.31. The number of rotatable bonds is 3. The third-order valence-electron chi connectivity index (χ3n) is 3.44. The van der Waals surface area contributed by atoms with Gasteiger partial charge in [-0.25, -0.2) is 0 Å². The molecular weight excluding hydrogens is 271 g/mol. The minimum atomic E-state index is -4.76. The molecule has 0 saturated heterocycles. The number of ketones is 1. The van der Waals surface area contributed by atoms with Gasteiger partial charge >= 0.3 is 6.36 Å². The highest BCUT2D eigenvalue weighted by Crippen LogP contribution is 2.29. The van der Waals surface area contributed by atoms with Gasteiger partial charge in [0, 0.05) is 17.5 Å². The Bertz CT molecular complexity index is 488. The number of hydrogen-bond acceptors (Lipinski definition) is 3. The molecule has 0 spiro atoms. The van der Waals surface area contributed by atoms with Crippen molar-refractivity contribution in [1.29, 1.82) is 0 Å². The van der Waals surface area contributed by atoms with Gasteiger partial charge in [0.15, 0.2) is 5.78 Å². The molecule has 3 nitrogen and oxygen atoms in total. The summed E-state index contributed by atoms with van der Waals surface area (Å²) in [5.74, 6) is -0.740. The maximum atomic E-state index is 12.3. The first-order valence-corrected chi connectivity index (χ1v) is 6.51. The Labute approximate surface area is 114 Å². The SMILES string of the molecule is NC1CCCC(C(=O)c2cccc(OC(F)(F)F)c2)C1. The Morgan fingerprint density at radius 1 is 1.30 bits per heavy atom. The van der Waals surface area contributed by atoms with Crippen LogP contribution in [0.4, 0.5) is 13.2 Å². The van der Waals surface area contributed by atoms with E-state index in [2.05, 4.69) is 4.74 Å². The molecule has 2 N–H and O–H groups in total. The second-order valence-corrected chi connectivity index (χ2v) is 5.06. The van der Waals surface area contributed by atoms with Gasteiger partial charge in [-0.15, -0.1) is 13.2 Å². The maximum Gasteiger partial charge on any atom is 0.573 e. The molecule has 1 fully saturated rings. The molecule has 0 bridgehead atoms. The lowest BCUT2D eigenvalue weighted by molar-refractivity contribution is -0.274. The predicted molar refractivity (Wildman–Crippen MR) is 67.4 cm³/mol. The van der Waals surface area contributed by atoms with Crippen molar-refractivity contribution in [2.45, 2.75) is 38.1 Å². The molecule has 1 saturated carbocycles. The number of Topliss-reactive ketones (excluding diaryl/α,β-unsaturated/α-hetero) is 1. The molecule has 0 heterocycles. The fraction of sp³-hybridized carbons (Fsp3) is 0.500. The molecule has 20 heavy (non-hydrogen) atoms. The Morgan fingerprint density at radius 3 is 2.70 bits per heavy atom. The molecule has 1 aromatic rings. The van der Waals surface area contributed by atoms with Crippen molar-refractivity contribution in [2.24, 2.45) is 11.7 Å². The normalized spacial score (nSPS) is 23.4. The second kappa shape index (κ2) is 5.83. The summed E-state index contributed by atoms with van der Waals surface area (Å²) in [5.41, 5.74) is 6.07. The third-order valence-corrected chi connectivity index (χ3v) is 3.44. The molecule has 6 heteroatoms. The average molecular weight is 287 g/mol. The summed E-state index contributed by atoms with van der Waals surface area (Å²) in [7, 11) is 0. The standard InChI is InChI=1S/C14H16F3NO2/c15-14(16,17)20-12-6-2-4-10(8-12)13(19)9-3-1-5-11(18)7-9/h2,4,6,8-9,11H,1,3,5,7,18H2. The zero-order valence-electron chi connectivity index (χ0n) is 10.8. The lowest BCUT2D eigenvalue weighted by atomic mass is 9.81. The first-order valence-electron chi connectivity index (χ1n) is 6.51. The van der Waals surface area contributed by atoms with Crippen LogP contribution in [0.25, 0.3) is 0 Å². The van der Waals surface area contributed by atoms with Gasteiger partial charge in [-0.3, -0.25) is 4.79 Å². The molecule has 0 aromatic heterocycles. The third kappa shape index (κ3) is 3.96. The minimum Gasteiger partial charge on any atom is -0.406 e. The van der Waals surface area contributed by atoms with Crippen molar-refractivity contribution >= 4 is 5.78 Å². The fourth-order valence-electron chi connectivity index (χ4n) is 2.55. The van der Waals surface area contributed by atoms with E-state index >= 15 is 0 Å².